The van der Waals surface area contributed by atoms with Gasteiger partial charge >= 0.3 is 0 Å². The second-order valence-corrected chi connectivity index (χ2v) is 6.13. The average molecular weight is 283 g/mol. The predicted molar refractivity (Wildman–Crippen MR) is 89.7 cm³/mol. The summed E-state index contributed by atoms with van der Waals surface area (Å²) in [5.74, 6) is 1.95. The standard InChI is InChI=1S/C18H25N3/c1-4-19-12-15-11-18(21(3)13(2)14-9-10-14)20-17-8-6-5-7-16(15)17/h5-8,11,13-14,19H,4,9-10,12H2,1-3H3. The first-order valence-electron chi connectivity index (χ1n) is 8.03. The van der Waals surface area contributed by atoms with Crippen LogP contribution in [0.1, 0.15) is 32.3 Å². The van der Waals surface area contributed by atoms with Gasteiger partial charge in [0.1, 0.15) is 5.82 Å². The number of para-hydroxylation sites is 1. The molecule has 1 fully saturated rings. The molecular formula is C18H25N3. The van der Waals surface area contributed by atoms with Gasteiger partial charge in [-0.05, 0) is 49.9 Å². The largest absolute Gasteiger partial charge is 0.357 e. The highest BCUT2D eigenvalue weighted by Crippen LogP contribution is 2.36. The monoisotopic (exact) mass is 283 g/mol. The van der Waals surface area contributed by atoms with Crippen molar-refractivity contribution in [1.82, 2.24) is 10.3 Å². The van der Waals surface area contributed by atoms with Crippen molar-refractivity contribution < 1.29 is 0 Å². The van der Waals surface area contributed by atoms with Crippen LogP contribution in [0.3, 0.4) is 0 Å². The lowest BCUT2D eigenvalue weighted by atomic mass is 10.1. The van der Waals surface area contributed by atoms with Crippen molar-refractivity contribution in [3.8, 4) is 0 Å². The molecule has 1 aromatic carbocycles. The number of fused-ring (bicyclic) bond motifs is 1. The van der Waals surface area contributed by atoms with Gasteiger partial charge in [-0.15, -0.1) is 0 Å². The van der Waals surface area contributed by atoms with E-state index in [0.29, 0.717) is 6.04 Å². The zero-order chi connectivity index (χ0) is 14.8. The molecule has 1 atom stereocenters. The highest BCUT2D eigenvalue weighted by atomic mass is 15.2. The average Bonchev–Trinajstić information content (AvgIpc) is 3.35. The van der Waals surface area contributed by atoms with Crippen molar-refractivity contribution in [2.24, 2.45) is 5.92 Å². The van der Waals surface area contributed by atoms with Gasteiger partial charge in [-0.2, -0.15) is 0 Å². The first-order chi connectivity index (χ1) is 10.2. The van der Waals surface area contributed by atoms with Crippen molar-refractivity contribution in [3.05, 3.63) is 35.9 Å². The Morgan fingerprint density at radius 2 is 2.10 bits per heavy atom. The van der Waals surface area contributed by atoms with Gasteiger partial charge < -0.3 is 10.2 Å². The van der Waals surface area contributed by atoms with Crippen LogP contribution in [0, 0.1) is 5.92 Å². The Morgan fingerprint density at radius 1 is 1.33 bits per heavy atom. The number of nitrogens with one attached hydrogen (secondary N) is 1. The van der Waals surface area contributed by atoms with Gasteiger partial charge in [0.05, 0.1) is 5.52 Å². The van der Waals surface area contributed by atoms with Crippen molar-refractivity contribution >= 4 is 16.7 Å². The third kappa shape index (κ3) is 3.03. The number of nitrogens with zero attached hydrogens (tertiary/aromatic N) is 2. The van der Waals surface area contributed by atoms with Crippen LogP contribution in [0.25, 0.3) is 10.9 Å². The summed E-state index contributed by atoms with van der Waals surface area (Å²) in [5, 5.41) is 4.70. The number of aromatic nitrogens is 1. The van der Waals surface area contributed by atoms with Crippen LogP contribution in [-0.2, 0) is 6.54 Å². The molecule has 1 aliphatic rings. The van der Waals surface area contributed by atoms with E-state index in [9.17, 15) is 0 Å². The predicted octanol–water partition coefficient (Wildman–Crippen LogP) is 3.58. The van der Waals surface area contributed by atoms with Gasteiger partial charge in [-0.1, -0.05) is 25.1 Å². The summed E-state index contributed by atoms with van der Waals surface area (Å²) in [6.45, 7) is 6.35. The highest BCUT2D eigenvalue weighted by Gasteiger charge is 2.31. The lowest BCUT2D eigenvalue weighted by Crippen LogP contribution is -2.31. The molecule has 0 bridgehead atoms. The molecule has 0 amide bonds. The Balaban J connectivity index is 1.98. The Bertz CT molecular complexity index is 619. The lowest BCUT2D eigenvalue weighted by Gasteiger charge is -2.27. The first-order valence-corrected chi connectivity index (χ1v) is 8.03. The van der Waals surface area contributed by atoms with E-state index >= 15 is 0 Å². The number of anilines is 1. The van der Waals surface area contributed by atoms with E-state index in [0.717, 1.165) is 30.3 Å². The number of rotatable bonds is 6. The van der Waals surface area contributed by atoms with Crippen molar-refractivity contribution in [3.63, 3.8) is 0 Å². The minimum Gasteiger partial charge on any atom is -0.357 e. The van der Waals surface area contributed by atoms with E-state index < -0.39 is 0 Å². The maximum atomic E-state index is 4.87. The molecule has 2 aromatic rings. The van der Waals surface area contributed by atoms with E-state index in [1.807, 2.05) is 0 Å². The Hall–Kier alpha value is -1.61. The topological polar surface area (TPSA) is 28.2 Å². The molecule has 3 rings (SSSR count). The van der Waals surface area contributed by atoms with Crippen LogP contribution in [-0.4, -0.2) is 24.6 Å². The molecule has 1 heterocycles. The molecule has 0 spiro atoms. The van der Waals surface area contributed by atoms with E-state index in [1.54, 1.807) is 0 Å². The molecular weight excluding hydrogens is 258 g/mol. The zero-order valence-electron chi connectivity index (χ0n) is 13.3. The Kier molecular flexibility index (Phi) is 4.11. The van der Waals surface area contributed by atoms with Crippen molar-refractivity contribution in [1.29, 1.82) is 0 Å². The molecule has 21 heavy (non-hydrogen) atoms. The van der Waals surface area contributed by atoms with Crippen LogP contribution >= 0.6 is 0 Å². The fraction of sp³-hybridized carbons (Fsp3) is 0.500. The number of pyridine rings is 1. The maximum absolute atomic E-state index is 4.87. The number of hydrogen-bond acceptors (Lipinski definition) is 3. The molecule has 0 aliphatic heterocycles. The summed E-state index contributed by atoms with van der Waals surface area (Å²) in [5.41, 5.74) is 2.44. The Labute approximate surface area is 127 Å². The molecule has 3 nitrogen and oxygen atoms in total. The summed E-state index contributed by atoms with van der Waals surface area (Å²) in [6.07, 6.45) is 2.73. The SMILES string of the molecule is CCNCc1cc(N(C)C(C)C2CC2)nc2ccccc12. The van der Waals surface area contributed by atoms with Crippen molar-refractivity contribution in [2.75, 3.05) is 18.5 Å². The number of benzene rings is 1. The highest BCUT2D eigenvalue weighted by molar-refractivity contribution is 5.84. The molecule has 1 N–H and O–H groups in total. The third-order valence-electron chi connectivity index (χ3n) is 4.63. The fourth-order valence-electron chi connectivity index (χ4n) is 2.92. The molecule has 112 valence electrons. The summed E-state index contributed by atoms with van der Waals surface area (Å²) < 4.78 is 0. The quantitative estimate of drug-likeness (QED) is 0.878. The van der Waals surface area contributed by atoms with Crippen LogP contribution in [0.5, 0.6) is 0 Å². The molecule has 1 saturated carbocycles. The molecule has 0 radical (unpaired) electrons. The van der Waals surface area contributed by atoms with Gasteiger partial charge in [0.15, 0.2) is 0 Å². The van der Waals surface area contributed by atoms with E-state index in [2.05, 4.69) is 61.4 Å². The summed E-state index contributed by atoms with van der Waals surface area (Å²) in [6, 6.07) is 11.3. The maximum Gasteiger partial charge on any atom is 0.129 e. The van der Waals surface area contributed by atoms with E-state index in [-0.39, 0.29) is 0 Å². The first kappa shape index (κ1) is 14.3. The third-order valence-corrected chi connectivity index (χ3v) is 4.63. The van der Waals surface area contributed by atoms with Gasteiger partial charge in [0.25, 0.3) is 0 Å². The lowest BCUT2D eigenvalue weighted by molar-refractivity contribution is 0.604. The van der Waals surface area contributed by atoms with Gasteiger partial charge in [0, 0.05) is 25.0 Å². The van der Waals surface area contributed by atoms with E-state index in [1.165, 1.54) is 23.8 Å². The zero-order valence-corrected chi connectivity index (χ0v) is 13.3. The molecule has 3 heteroatoms. The molecule has 1 aliphatic carbocycles. The molecule has 1 aromatic heterocycles. The second kappa shape index (κ2) is 6.02. The fourth-order valence-corrected chi connectivity index (χ4v) is 2.92. The minimum absolute atomic E-state index is 0.575. The normalized spacial score (nSPS) is 16.1. The van der Waals surface area contributed by atoms with Gasteiger partial charge in [-0.25, -0.2) is 4.98 Å². The number of hydrogen-bond donors (Lipinski definition) is 1. The van der Waals surface area contributed by atoms with Crippen LogP contribution in [0.2, 0.25) is 0 Å². The smallest absolute Gasteiger partial charge is 0.129 e. The summed E-state index contributed by atoms with van der Waals surface area (Å²) in [4.78, 5) is 7.22. The summed E-state index contributed by atoms with van der Waals surface area (Å²) >= 11 is 0. The molecule has 0 saturated heterocycles. The minimum atomic E-state index is 0.575. The second-order valence-electron chi connectivity index (χ2n) is 6.13. The van der Waals surface area contributed by atoms with Gasteiger partial charge in [-0.3, -0.25) is 0 Å². The van der Waals surface area contributed by atoms with Gasteiger partial charge in [0.2, 0.25) is 0 Å². The molecule has 1 unspecified atom stereocenters. The Morgan fingerprint density at radius 3 is 2.81 bits per heavy atom. The summed E-state index contributed by atoms with van der Waals surface area (Å²) in [7, 11) is 2.18. The van der Waals surface area contributed by atoms with Crippen molar-refractivity contribution in [2.45, 2.75) is 39.3 Å². The van der Waals surface area contributed by atoms with Crippen LogP contribution < -0.4 is 10.2 Å². The van der Waals surface area contributed by atoms with Crippen LogP contribution in [0.15, 0.2) is 30.3 Å². The van der Waals surface area contributed by atoms with Crippen LogP contribution in [0.4, 0.5) is 5.82 Å². The van der Waals surface area contributed by atoms with E-state index in [4.69, 9.17) is 4.98 Å².